The highest BCUT2D eigenvalue weighted by Gasteiger charge is 2.36. The molecule has 3 rings (SSSR count). The highest BCUT2D eigenvalue weighted by molar-refractivity contribution is 5.94. The van der Waals surface area contributed by atoms with Gasteiger partial charge in [-0.05, 0) is 31.7 Å². The van der Waals surface area contributed by atoms with Crippen LogP contribution in [0.1, 0.15) is 42.0 Å². The van der Waals surface area contributed by atoms with Gasteiger partial charge in [0.25, 0.3) is 5.91 Å². The molecule has 0 unspecified atom stereocenters. The lowest BCUT2D eigenvalue weighted by molar-refractivity contribution is 0.0928. The van der Waals surface area contributed by atoms with Gasteiger partial charge in [0, 0.05) is 6.54 Å². The molecule has 2 aromatic heterocycles. The van der Waals surface area contributed by atoms with Gasteiger partial charge in [-0.15, -0.1) is 0 Å². The van der Waals surface area contributed by atoms with E-state index in [1.54, 1.807) is 6.07 Å². The monoisotopic (exact) mass is 260 g/mol. The Bertz CT molecular complexity index is 557. The third kappa shape index (κ3) is 2.38. The third-order valence-corrected chi connectivity index (χ3v) is 3.39. The highest BCUT2D eigenvalue weighted by atomic mass is 16.3. The van der Waals surface area contributed by atoms with Gasteiger partial charge in [0.15, 0.2) is 0 Å². The van der Waals surface area contributed by atoms with Gasteiger partial charge in [-0.25, -0.2) is 9.67 Å². The minimum absolute atomic E-state index is 0.0650. The molecule has 0 aromatic carbocycles. The maximum absolute atomic E-state index is 12.1. The first-order valence-corrected chi connectivity index (χ1v) is 6.50. The van der Waals surface area contributed by atoms with Crippen LogP contribution < -0.4 is 5.32 Å². The minimum atomic E-state index is -0.128. The first-order valence-electron chi connectivity index (χ1n) is 6.50. The molecule has 0 saturated heterocycles. The number of aromatic nitrogens is 3. The normalized spacial score (nSPS) is 16.3. The molecule has 1 saturated carbocycles. The van der Waals surface area contributed by atoms with Gasteiger partial charge in [-0.3, -0.25) is 4.79 Å². The summed E-state index contributed by atoms with van der Waals surface area (Å²) in [7, 11) is 0. The van der Waals surface area contributed by atoms with Gasteiger partial charge >= 0.3 is 0 Å². The van der Waals surface area contributed by atoms with E-state index in [1.165, 1.54) is 18.9 Å². The van der Waals surface area contributed by atoms with Crippen LogP contribution in [-0.4, -0.2) is 20.7 Å². The zero-order chi connectivity index (χ0) is 13.2. The standard InChI is InChI=1S/C13H16N4O2/c1-2-17-12(14-8-15-17)11(9-3-4-9)16-13(18)10-5-6-19-7-10/h5-9,11H,2-4H2,1H3,(H,16,18)/t11-/m0/s1. The van der Waals surface area contributed by atoms with Crippen molar-refractivity contribution in [2.75, 3.05) is 0 Å². The van der Waals surface area contributed by atoms with E-state index >= 15 is 0 Å². The highest BCUT2D eigenvalue weighted by Crippen LogP contribution is 2.40. The number of furan rings is 1. The van der Waals surface area contributed by atoms with Crippen LogP contribution in [0.3, 0.4) is 0 Å². The van der Waals surface area contributed by atoms with Crippen LogP contribution in [0.2, 0.25) is 0 Å². The SMILES string of the molecule is CCn1ncnc1[C@@H](NC(=O)c1ccoc1)C1CC1. The summed E-state index contributed by atoms with van der Waals surface area (Å²) in [5.41, 5.74) is 0.535. The van der Waals surface area contributed by atoms with E-state index < -0.39 is 0 Å². The molecule has 0 radical (unpaired) electrons. The lowest BCUT2D eigenvalue weighted by Gasteiger charge is -2.17. The van der Waals surface area contributed by atoms with Crippen molar-refractivity contribution in [2.45, 2.75) is 32.4 Å². The Balaban J connectivity index is 1.80. The van der Waals surface area contributed by atoms with Crippen LogP contribution in [-0.2, 0) is 6.54 Å². The van der Waals surface area contributed by atoms with Crippen molar-refractivity contribution < 1.29 is 9.21 Å². The molecule has 0 bridgehead atoms. The Hall–Kier alpha value is -2.11. The smallest absolute Gasteiger partial charge is 0.255 e. The van der Waals surface area contributed by atoms with Gasteiger partial charge < -0.3 is 9.73 Å². The Morgan fingerprint density at radius 3 is 3.11 bits per heavy atom. The maximum Gasteiger partial charge on any atom is 0.255 e. The molecule has 0 spiro atoms. The number of carbonyl (C=O) groups excluding carboxylic acids is 1. The summed E-state index contributed by atoms with van der Waals surface area (Å²) >= 11 is 0. The van der Waals surface area contributed by atoms with Crippen LogP contribution in [0.15, 0.2) is 29.3 Å². The van der Waals surface area contributed by atoms with Crippen molar-refractivity contribution in [1.29, 1.82) is 0 Å². The van der Waals surface area contributed by atoms with E-state index in [1.807, 2.05) is 11.6 Å². The molecule has 1 fully saturated rings. The predicted octanol–water partition coefficient (Wildman–Crippen LogP) is 1.77. The number of carbonyl (C=O) groups is 1. The van der Waals surface area contributed by atoms with Crippen molar-refractivity contribution >= 4 is 5.91 Å². The lowest BCUT2D eigenvalue weighted by atomic mass is 10.1. The zero-order valence-electron chi connectivity index (χ0n) is 10.7. The van der Waals surface area contributed by atoms with Crippen LogP contribution in [0.4, 0.5) is 0 Å². The van der Waals surface area contributed by atoms with E-state index in [-0.39, 0.29) is 11.9 Å². The van der Waals surface area contributed by atoms with Gasteiger partial charge in [0.1, 0.15) is 18.4 Å². The Morgan fingerprint density at radius 2 is 2.47 bits per heavy atom. The quantitative estimate of drug-likeness (QED) is 0.889. The Labute approximate surface area is 110 Å². The van der Waals surface area contributed by atoms with E-state index in [9.17, 15) is 4.79 Å². The molecule has 6 heteroatoms. The third-order valence-electron chi connectivity index (χ3n) is 3.39. The number of hydrogen-bond acceptors (Lipinski definition) is 4. The average molecular weight is 260 g/mol. The van der Waals surface area contributed by atoms with Crippen molar-refractivity contribution in [3.8, 4) is 0 Å². The molecular weight excluding hydrogens is 244 g/mol. The van der Waals surface area contributed by atoms with Crippen LogP contribution in [0.5, 0.6) is 0 Å². The summed E-state index contributed by atoms with van der Waals surface area (Å²) in [6.07, 6.45) is 6.72. The molecule has 2 heterocycles. The zero-order valence-corrected chi connectivity index (χ0v) is 10.7. The number of nitrogens with zero attached hydrogens (tertiary/aromatic N) is 3. The second-order valence-electron chi connectivity index (χ2n) is 4.73. The molecule has 100 valence electrons. The first-order chi connectivity index (χ1) is 9.29. The molecule has 19 heavy (non-hydrogen) atoms. The van der Waals surface area contributed by atoms with E-state index in [0.717, 1.165) is 25.2 Å². The summed E-state index contributed by atoms with van der Waals surface area (Å²) in [5.74, 6) is 1.17. The second-order valence-corrected chi connectivity index (χ2v) is 4.73. The summed E-state index contributed by atoms with van der Waals surface area (Å²) < 4.78 is 6.77. The molecule has 0 aliphatic heterocycles. The molecule has 6 nitrogen and oxygen atoms in total. The van der Waals surface area contributed by atoms with Crippen LogP contribution in [0.25, 0.3) is 0 Å². The fourth-order valence-electron chi connectivity index (χ4n) is 2.20. The van der Waals surface area contributed by atoms with Crippen molar-refractivity contribution in [3.05, 3.63) is 36.3 Å². The van der Waals surface area contributed by atoms with Crippen molar-refractivity contribution in [1.82, 2.24) is 20.1 Å². The van der Waals surface area contributed by atoms with Crippen LogP contribution in [0, 0.1) is 5.92 Å². The van der Waals surface area contributed by atoms with E-state index in [0.29, 0.717) is 11.5 Å². The van der Waals surface area contributed by atoms with Crippen molar-refractivity contribution in [2.24, 2.45) is 5.92 Å². The molecule has 1 amide bonds. The van der Waals surface area contributed by atoms with Gasteiger partial charge in [0.05, 0.1) is 17.9 Å². The lowest BCUT2D eigenvalue weighted by Crippen LogP contribution is -2.31. The number of hydrogen-bond donors (Lipinski definition) is 1. The van der Waals surface area contributed by atoms with Crippen molar-refractivity contribution in [3.63, 3.8) is 0 Å². The predicted molar refractivity (Wildman–Crippen MR) is 67.3 cm³/mol. The summed E-state index contributed by atoms with van der Waals surface area (Å²) in [5, 5.41) is 7.21. The molecular formula is C13H16N4O2. The largest absolute Gasteiger partial charge is 0.472 e. The topological polar surface area (TPSA) is 73.0 Å². The molecule has 1 atom stereocenters. The maximum atomic E-state index is 12.1. The minimum Gasteiger partial charge on any atom is -0.472 e. The summed E-state index contributed by atoms with van der Waals surface area (Å²) in [4.78, 5) is 16.4. The van der Waals surface area contributed by atoms with E-state index in [4.69, 9.17) is 4.42 Å². The fourth-order valence-corrected chi connectivity index (χ4v) is 2.20. The number of nitrogens with one attached hydrogen (secondary N) is 1. The average Bonchev–Trinajstić information content (AvgIpc) is 2.95. The molecule has 1 N–H and O–H groups in total. The van der Waals surface area contributed by atoms with Gasteiger partial charge in [-0.2, -0.15) is 5.10 Å². The number of aryl methyl sites for hydroxylation is 1. The van der Waals surface area contributed by atoms with Gasteiger partial charge in [-0.1, -0.05) is 0 Å². The van der Waals surface area contributed by atoms with Gasteiger partial charge in [0.2, 0.25) is 0 Å². The summed E-state index contributed by atoms with van der Waals surface area (Å²) in [6.45, 7) is 2.76. The molecule has 2 aromatic rings. The Kier molecular flexibility index (Phi) is 3.06. The van der Waals surface area contributed by atoms with Crippen LogP contribution >= 0.6 is 0 Å². The Morgan fingerprint density at radius 1 is 1.63 bits per heavy atom. The number of amides is 1. The second kappa shape index (κ2) is 4.87. The number of rotatable bonds is 5. The molecule has 1 aliphatic rings. The summed E-state index contributed by atoms with van der Waals surface area (Å²) in [6, 6.07) is 1.59. The molecule has 1 aliphatic carbocycles. The van der Waals surface area contributed by atoms with E-state index in [2.05, 4.69) is 15.4 Å². The fraction of sp³-hybridized carbons (Fsp3) is 0.462. The first kappa shape index (κ1) is 12.0.